The number of amides is 1. The number of pyridine rings is 2. The number of halogens is 1. The predicted octanol–water partition coefficient (Wildman–Crippen LogP) is 7.43. The van der Waals surface area contributed by atoms with E-state index in [1.807, 2.05) is 61.3 Å². The van der Waals surface area contributed by atoms with Crippen LogP contribution in [0, 0.1) is 18.8 Å². The van der Waals surface area contributed by atoms with Gasteiger partial charge in [0.05, 0.1) is 39.1 Å². The van der Waals surface area contributed by atoms with Crippen molar-refractivity contribution in [1.82, 2.24) is 29.3 Å². The zero-order valence-corrected chi connectivity index (χ0v) is 33.9. The number of carbonyl (C=O) groups excluding carboxylic acids is 1. The first kappa shape index (κ1) is 39.2. The maximum atomic E-state index is 13.8. The fourth-order valence-electron chi connectivity index (χ4n) is 9.21. The Kier molecular flexibility index (Phi) is 11.2. The summed E-state index contributed by atoms with van der Waals surface area (Å²) in [4.78, 5) is 44.2. The Labute approximate surface area is 339 Å². The van der Waals surface area contributed by atoms with E-state index in [0.29, 0.717) is 42.0 Å². The molecule has 3 aliphatic rings. The molecule has 0 radical (unpaired) electrons. The number of nitrogens with zero attached hydrogens (tertiary/aromatic N) is 6. The quantitative estimate of drug-likeness (QED) is 0.125. The monoisotopic (exact) mass is 789 g/mol. The number of β-amino-alcohol motifs (C(OH)–C–C–N with tert-alkyl or cyclic N) is 1. The Morgan fingerprint density at radius 2 is 1.81 bits per heavy atom. The van der Waals surface area contributed by atoms with Gasteiger partial charge < -0.3 is 20.1 Å². The minimum Gasteiger partial charge on any atom is -0.481 e. The Morgan fingerprint density at radius 1 is 1.02 bits per heavy atom. The largest absolute Gasteiger partial charge is 0.481 e. The van der Waals surface area contributed by atoms with Gasteiger partial charge in [-0.25, -0.2) is 4.98 Å². The van der Waals surface area contributed by atoms with E-state index in [1.54, 1.807) is 0 Å². The highest BCUT2D eigenvalue weighted by Crippen LogP contribution is 2.38. The molecule has 11 nitrogen and oxygen atoms in total. The molecule has 2 fully saturated rings. The van der Waals surface area contributed by atoms with Gasteiger partial charge in [-0.3, -0.25) is 29.4 Å². The first-order valence-electron chi connectivity index (χ1n) is 20.3. The SMILES string of the molecule is Cc1c(Cc2nccc3cc(CN4CC[C@@](C)(O)C4)cnc23)cccc1-c1cccc(NC(=O)c2nc3c(n2C)CCN(CCC2CCC(C(=O)O)CC2)C3)c1Cl. The molecule has 8 rings (SSSR count). The molecule has 5 aromatic rings. The highest BCUT2D eigenvalue weighted by atomic mass is 35.5. The second-order valence-electron chi connectivity index (χ2n) is 16.8. The highest BCUT2D eigenvalue weighted by Gasteiger charge is 2.32. The summed E-state index contributed by atoms with van der Waals surface area (Å²) in [7, 11) is 1.91. The van der Waals surface area contributed by atoms with Gasteiger partial charge in [-0.2, -0.15) is 0 Å². The lowest BCUT2D eigenvalue weighted by Gasteiger charge is -2.30. The number of anilines is 1. The van der Waals surface area contributed by atoms with Crippen molar-refractivity contribution in [3.05, 3.63) is 106 Å². The number of hydrogen-bond donors (Lipinski definition) is 3. The lowest BCUT2D eigenvalue weighted by Crippen LogP contribution is -2.33. The molecule has 2 aliphatic heterocycles. The summed E-state index contributed by atoms with van der Waals surface area (Å²) in [5.41, 5.74) is 8.80. The molecule has 1 amide bonds. The number of aromatic nitrogens is 4. The normalized spacial score (nSPS) is 21.5. The average molecular weight is 790 g/mol. The maximum Gasteiger partial charge on any atom is 0.306 e. The molecule has 1 atom stereocenters. The number of nitrogens with one attached hydrogen (secondary N) is 1. The van der Waals surface area contributed by atoms with Gasteiger partial charge in [0.25, 0.3) is 5.91 Å². The highest BCUT2D eigenvalue weighted by molar-refractivity contribution is 6.36. The number of fused-ring (bicyclic) bond motifs is 2. The van der Waals surface area contributed by atoms with Crippen LogP contribution in [0.25, 0.3) is 22.0 Å². The summed E-state index contributed by atoms with van der Waals surface area (Å²) in [6, 6.07) is 16.1. The molecule has 2 aromatic carbocycles. The van der Waals surface area contributed by atoms with Crippen LogP contribution in [0.3, 0.4) is 0 Å². The summed E-state index contributed by atoms with van der Waals surface area (Å²) < 4.78 is 1.91. The van der Waals surface area contributed by atoms with Crippen LogP contribution in [0.15, 0.2) is 60.9 Å². The van der Waals surface area contributed by atoms with Crippen molar-refractivity contribution in [3.8, 4) is 11.1 Å². The van der Waals surface area contributed by atoms with E-state index in [0.717, 1.165) is 127 Å². The van der Waals surface area contributed by atoms with E-state index < -0.39 is 11.6 Å². The number of aliphatic carboxylic acids is 1. The molecule has 1 aliphatic carbocycles. The number of imidazole rings is 1. The van der Waals surface area contributed by atoms with Gasteiger partial charge >= 0.3 is 5.97 Å². The summed E-state index contributed by atoms with van der Waals surface area (Å²) in [5, 5.41) is 24.3. The van der Waals surface area contributed by atoms with Crippen molar-refractivity contribution in [2.45, 2.75) is 83.9 Å². The summed E-state index contributed by atoms with van der Waals surface area (Å²) in [6.45, 7) is 8.83. The van der Waals surface area contributed by atoms with Crippen LogP contribution >= 0.6 is 11.6 Å². The molecule has 12 heteroatoms. The fourth-order valence-corrected chi connectivity index (χ4v) is 9.49. The Bertz CT molecular complexity index is 2310. The number of carboxylic acids is 1. The smallest absolute Gasteiger partial charge is 0.306 e. The number of rotatable bonds is 11. The number of aliphatic hydroxyl groups is 1. The van der Waals surface area contributed by atoms with Gasteiger partial charge in [0.1, 0.15) is 0 Å². The average Bonchev–Trinajstić information content (AvgIpc) is 3.72. The van der Waals surface area contributed by atoms with Gasteiger partial charge in [-0.05, 0) is 105 Å². The van der Waals surface area contributed by atoms with Crippen LogP contribution in [0.4, 0.5) is 5.69 Å². The number of likely N-dealkylation sites (tertiary alicyclic amines) is 1. The summed E-state index contributed by atoms with van der Waals surface area (Å²) >= 11 is 7.09. The van der Waals surface area contributed by atoms with Crippen LogP contribution in [0.1, 0.15) is 89.8 Å². The van der Waals surface area contributed by atoms with Crippen molar-refractivity contribution in [2.24, 2.45) is 18.9 Å². The zero-order valence-electron chi connectivity index (χ0n) is 33.1. The number of carboxylic acid groups (broad SMARTS) is 1. The van der Waals surface area contributed by atoms with Gasteiger partial charge in [0.2, 0.25) is 0 Å². The minimum absolute atomic E-state index is 0.186. The molecule has 298 valence electrons. The van der Waals surface area contributed by atoms with E-state index in [4.69, 9.17) is 26.6 Å². The van der Waals surface area contributed by atoms with Crippen LogP contribution < -0.4 is 5.32 Å². The Balaban J connectivity index is 0.939. The van der Waals surface area contributed by atoms with Crippen LogP contribution in [0.2, 0.25) is 5.02 Å². The third kappa shape index (κ3) is 8.48. The zero-order chi connectivity index (χ0) is 39.8. The molecule has 57 heavy (non-hydrogen) atoms. The maximum absolute atomic E-state index is 13.8. The molecule has 0 unspecified atom stereocenters. The van der Waals surface area contributed by atoms with Crippen LogP contribution in [0.5, 0.6) is 0 Å². The van der Waals surface area contributed by atoms with Gasteiger partial charge in [-0.1, -0.05) is 41.9 Å². The van der Waals surface area contributed by atoms with E-state index in [-0.39, 0.29) is 11.8 Å². The molecule has 1 saturated carbocycles. The van der Waals surface area contributed by atoms with E-state index in [2.05, 4.69) is 40.2 Å². The number of hydrogen-bond acceptors (Lipinski definition) is 8. The topological polar surface area (TPSA) is 137 Å². The fraction of sp³-hybridized carbons (Fsp3) is 0.444. The summed E-state index contributed by atoms with van der Waals surface area (Å²) in [6.07, 6.45) is 10.5. The van der Waals surface area contributed by atoms with Crippen LogP contribution in [-0.4, -0.2) is 83.2 Å². The van der Waals surface area contributed by atoms with Crippen molar-refractivity contribution < 1.29 is 19.8 Å². The first-order valence-corrected chi connectivity index (χ1v) is 20.7. The number of carbonyl (C=O) groups is 2. The van der Waals surface area contributed by atoms with E-state index in [1.165, 1.54) is 0 Å². The molecule has 1 saturated heterocycles. The van der Waals surface area contributed by atoms with Crippen LogP contribution in [-0.2, 0) is 37.8 Å². The Morgan fingerprint density at radius 3 is 2.58 bits per heavy atom. The molecular weight excluding hydrogens is 738 g/mol. The van der Waals surface area contributed by atoms with E-state index >= 15 is 0 Å². The lowest BCUT2D eigenvalue weighted by molar-refractivity contribution is -0.143. The van der Waals surface area contributed by atoms with Crippen molar-refractivity contribution in [3.63, 3.8) is 0 Å². The standard InChI is InChI=1S/C45H52ClN7O4/c1-28-32(23-37-41-33(14-18-47-37)22-30(24-48-41)25-53-21-17-45(2,57)27-53)6-4-7-34(28)35-8-5-9-36(40(35)46)50-43(54)42-49-38-26-52(20-16-39(38)51(42)3)19-15-29-10-12-31(13-11-29)44(55)56/h4-9,14,18,22,24,29,31,57H,10-13,15-17,19-21,23,25-27H2,1-3H3,(H,50,54)(H,55,56)/t29?,31?,45-/m1/s1. The van der Waals surface area contributed by atoms with Crippen molar-refractivity contribution in [2.75, 3.05) is 31.5 Å². The van der Waals surface area contributed by atoms with Gasteiger partial charge in [-0.15, -0.1) is 0 Å². The molecule has 0 spiro atoms. The lowest BCUT2D eigenvalue weighted by atomic mass is 9.80. The van der Waals surface area contributed by atoms with Gasteiger partial charge in [0.15, 0.2) is 5.82 Å². The molecule has 0 bridgehead atoms. The third-order valence-corrected chi connectivity index (χ3v) is 13.0. The van der Waals surface area contributed by atoms with E-state index in [9.17, 15) is 19.8 Å². The minimum atomic E-state index is -0.660. The van der Waals surface area contributed by atoms with Crippen molar-refractivity contribution >= 4 is 40.1 Å². The number of benzene rings is 2. The summed E-state index contributed by atoms with van der Waals surface area (Å²) in [5.74, 6) is -0.219. The first-order chi connectivity index (χ1) is 27.4. The molecule has 3 N–H and O–H groups in total. The third-order valence-electron chi connectivity index (χ3n) is 12.6. The van der Waals surface area contributed by atoms with Gasteiger partial charge in [0, 0.05) is 81.7 Å². The second-order valence-corrected chi connectivity index (χ2v) is 17.2. The molecule has 5 heterocycles. The second kappa shape index (κ2) is 16.3. The predicted molar refractivity (Wildman–Crippen MR) is 222 cm³/mol. The Hall–Kier alpha value is -4.68. The molecular formula is C45H52ClN7O4. The molecule has 3 aromatic heterocycles. The van der Waals surface area contributed by atoms with Crippen molar-refractivity contribution in [1.29, 1.82) is 0 Å².